The number of nitrogens with one attached hydrogen (secondary N) is 2. The first-order valence-electron chi connectivity index (χ1n) is 10.5. The molecule has 30 heavy (non-hydrogen) atoms. The summed E-state index contributed by atoms with van der Waals surface area (Å²) < 4.78 is 5.38. The summed E-state index contributed by atoms with van der Waals surface area (Å²) in [5, 5.41) is 3.55. The van der Waals surface area contributed by atoms with Crippen molar-refractivity contribution in [3.8, 4) is 5.75 Å². The molecule has 4 rings (SSSR count). The smallest absolute Gasteiger partial charge is 0.290 e. The molecule has 1 aliphatic carbocycles. The number of fused-ring (bicyclic) bond motifs is 1. The lowest BCUT2D eigenvalue weighted by Gasteiger charge is -2.32. The number of aromatic nitrogens is 2. The van der Waals surface area contributed by atoms with Gasteiger partial charge in [-0.25, -0.2) is 4.98 Å². The number of ether oxygens (including phenoxy) is 1. The number of rotatable bonds is 7. The third kappa shape index (κ3) is 4.17. The molecule has 0 bridgehead atoms. The Labute approximate surface area is 177 Å². The van der Waals surface area contributed by atoms with Gasteiger partial charge < -0.3 is 19.9 Å². The molecule has 3 aromatic rings. The van der Waals surface area contributed by atoms with Crippen LogP contribution < -0.4 is 10.1 Å². The minimum atomic E-state index is -0.0821. The minimum absolute atomic E-state index is 0.0598. The number of hydrogen-bond acceptors (Lipinski definition) is 4. The maximum Gasteiger partial charge on any atom is 0.290 e. The molecule has 0 aliphatic heterocycles. The average molecular weight is 405 g/mol. The molecule has 0 saturated heterocycles. The molecule has 1 aliphatic rings. The van der Waals surface area contributed by atoms with Crippen molar-refractivity contribution in [2.24, 2.45) is 0 Å². The predicted octanol–water partition coefficient (Wildman–Crippen LogP) is 4.26. The van der Waals surface area contributed by atoms with Crippen molar-refractivity contribution in [1.82, 2.24) is 20.2 Å². The third-order valence-corrected chi connectivity index (χ3v) is 5.60. The first-order chi connectivity index (χ1) is 14.7. The topological polar surface area (TPSA) is 70.2 Å². The number of carbonyl (C=O) groups excluding carboxylic acids is 1. The Morgan fingerprint density at radius 2 is 2.07 bits per heavy atom. The third-order valence-electron chi connectivity index (χ3n) is 5.60. The molecular weight excluding hydrogens is 376 g/mol. The fraction of sp³-hybridized carbons (Fsp3) is 0.333. The molecule has 6 nitrogen and oxygen atoms in total. The van der Waals surface area contributed by atoms with Crippen LogP contribution >= 0.6 is 0 Å². The van der Waals surface area contributed by atoms with Crippen LogP contribution in [0.4, 0.5) is 0 Å². The van der Waals surface area contributed by atoms with Gasteiger partial charge in [-0.05, 0) is 50.0 Å². The molecule has 0 fully saturated rings. The zero-order chi connectivity index (χ0) is 20.9. The van der Waals surface area contributed by atoms with Crippen LogP contribution in [0.25, 0.3) is 11.0 Å². The van der Waals surface area contributed by atoms with Crippen molar-refractivity contribution in [2.75, 3.05) is 13.7 Å². The van der Waals surface area contributed by atoms with Crippen molar-refractivity contribution in [1.29, 1.82) is 0 Å². The van der Waals surface area contributed by atoms with Crippen LogP contribution in [0.3, 0.4) is 0 Å². The standard InChI is InChI=1S/C24H28N4O2/c1-3-28(24(29)23-26-20-13-8-14-21(30-2)22(20)27-23)19-12-7-11-18(15-19)25-16-17-9-5-4-6-10-17/h4-6,8-10,13-15,19,25H,3,7,11-12,16H2,1-2H3,(H,26,27)/t19-/m0/s1. The number of imidazole rings is 1. The summed E-state index contributed by atoms with van der Waals surface area (Å²) in [7, 11) is 1.61. The fourth-order valence-corrected chi connectivity index (χ4v) is 4.04. The molecule has 156 valence electrons. The van der Waals surface area contributed by atoms with E-state index < -0.39 is 0 Å². The molecular formula is C24H28N4O2. The number of H-pyrrole nitrogens is 1. The van der Waals surface area contributed by atoms with Crippen molar-refractivity contribution in [2.45, 2.75) is 38.8 Å². The van der Waals surface area contributed by atoms with Gasteiger partial charge in [0.05, 0.1) is 18.7 Å². The monoisotopic (exact) mass is 404 g/mol. The molecule has 2 N–H and O–H groups in total. The summed E-state index contributed by atoms with van der Waals surface area (Å²) in [6, 6.07) is 16.1. The first kappa shape index (κ1) is 20.0. The van der Waals surface area contributed by atoms with E-state index in [9.17, 15) is 4.79 Å². The second-order valence-corrected chi connectivity index (χ2v) is 7.52. The van der Waals surface area contributed by atoms with Gasteiger partial charge in [0.25, 0.3) is 5.91 Å². The molecule has 0 unspecified atom stereocenters. The van der Waals surface area contributed by atoms with Crippen molar-refractivity contribution in [3.63, 3.8) is 0 Å². The molecule has 0 spiro atoms. The number of nitrogens with zero attached hydrogens (tertiary/aromatic N) is 2. The van der Waals surface area contributed by atoms with E-state index in [1.807, 2.05) is 36.1 Å². The maximum absolute atomic E-state index is 13.3. The number of amides is 1. The van der Waals surface area contributed by atoms with Gasteiger partial charge in [0.1, 0.15) is 11.3 Å². The largest absolute Gasteiger partial charge is 0.494 e. The van der Waals surface area contributed by atoms with Crippen LogP contribution in [0.5, 0.6) is 5.75 Å². The van der Waals surface area contributed by atoms with E-state index in [1.54, 1.807) is 7.11 Å². The Hall–Kier alpha value is -3.28. The van der Waals surface area contributed by atoms with Gasteiger partial charge in [-0.15, -0.1) is 0 Å². The summed E-state index contributed by atoms with van der Waals surface area (Å²) in [4.78, 5) is 22.9. The SMILES string of the molecule is CCN(C(=O)c1nc2c(OC)cccc2[nH]1)[C@@H]1C=C(NCc2ccccc2)CCC1. The van der Waals surface area contributed by atoms with Gasteiger partial charge >= 0.3 is 0 Å². The molecule has 1 aromatic heterocycles. The van der Waals surface area contributed by atoms with Gasteiger partial charge in [-0.3, -0.25) is 4.79 Å². The fourth-order valence-electron chi connectivity index (χ4n) is 4.04. The van der Waals surface area contributed by atoms with E-state index in [-0.39, 0.29) is 11.9 Å². The van der Waals surface area contributed by atoms with E-state index in [0.717, 1.165) is 31.3 Å². The number of para-hydroxylation sites is 1. The maximum atomic E-state index is 13.3. The van der Waals surface area contributed by atoms with E-state index in [4.69, 9.17) is 4.74 Å². The highest BCUT2D eigenvalue weighted by Gasteiger charge is 2.27. The van der Waals surface area contributed by atoms with Gasteiger partial charge in [-0.1, -0.05) is 36.4 Å². The Kier molecular flexibility index (Phi) is 6.02. The van der Waals surface area contributed by atoms with E-state index >= 15 is 0 Å². The second kappa shape index (κ2) is 9.03. The summed E-state index contributed by atoms with van der Waals surface area (Å²) in [5.74, 6) is 0.936. The van der Waals surface area contributed by atoms with Crippen LogP contribution in [0.15, 0.2) is 60.3 Å². The normalized spacial score (nSPS) is 16.2. The Balaban J connectivity index is 1.51. The Morgan fingerprint density at radius 3 is 2.83 bits per heavy atom. The van der Waals surface area contributed by atoms with Crippen LogP contribution in [0.1, 0.15) is 42.4 Å². The van der Waals surface area contributed by atoms with Gasteiger partial charge in [0, 0.05) is 18.8 Å². The second-order valence-electron chi connectivity index (χ2n) is 7.52. The van der Waals surface area contributed by atoms with Gasteiger partial charge in [0.15, 0.2) is 5.82 Å². The number of likely N-dealkylation sites (N-methyl/N-ethyl adjacent to an activating group) is 1. The Morgan fingerprint density at radius 1 is 1.23 bits per heavy atom. The zero-order valence-electron chi connectivity index (χ0n) is 17.5. The predicted molar refractivity (Wildman–Crippen MR) is 118 cm³/mol. The number of carbonyl (C=O) groups is 1. The summed E-state index contributed by atoms with van der Waals surface area (Å²) >= 11 is 0. The molecule has 1 heterocycles. The van der Waals surface area contributed by atoms with Gasteiger partial charge in [-0.2, -0.15) is 0 Å². The van der Waals surface area contributed by atoms with Crippen LogP contribution in [-0.2, 0) is 6.54 Å². The number of hydrogen-bond donors (Lipinski definition) is 2. The molecule has 2 aromatic carbocycles. The number of allylic oxidation sites excluding steroid dienone is 1. The van der Waals surface area contributed by atoms with Crippen molar-refractivity contribution < 1.29 is 9.53 Å². The lowest BCUT2D eigenvalue weighted by molar-refractivity contribution is 0.0700. The van der Waals surface area contributed by atoms with Crippen molar-refractivity contribution >= 4 is 16.9 Å². The van der Waals surface area contributed by atoms with Crippen LogP contribution in [0.2, 0.25) is 0 Å². The lowest BCUT2D eigenvalue weighted by Crippen LogP contribution is -2.41. The quantitative estimate of drug-likeness (QED) is 0.617. The summed E-state index contributed by atoms with van der Waals surface area (Å²) in [5.41, 5.74) is 3.94. The first-order valence-corrected chi connectivity index (χ1v) is 10.5. The Bertz CT molecular complexity index is 1040. The number of benzene rings is 2. The highest BCUT2D eigenvalue weighted by molar-refractivity contribution is 5.95. The summed E-state index contributed by atoms with van der Waals surface area (Å²) in [6.07, 6.45) is 5.23. The van der Waals surface area contributed by atoms with E-state index in [2.05, 4.69) is 45.6 Å². The molecule has 1 amide bonds. The van der Waals surface area contributed by atoms with E-state index in [1.165, 1.54) is 11.3 Å². The average Bonchev–Trinajstić information content (AvgIpc) is 3.24. The summed E-state index contributed by atoms with van der Waals surface area (Å²) in [6.45, 7) is 3.43. The van der Waals surface area contributed by atoms with Crippen LogP contribution in [0, 0.1) is 0 Å². The number of methoxy groups -OCH3 is 1. The zero-order valence-corrected chi connectivity index (χ0v) is 17.5. The number of aromatic amines is 1. The minimum Gasteiger partial charge on any atom is -0.494 e. The molecule has 0 saturated carbocycles. The van der Waals surface area contributed by atoms with E-state index in [0.29, 0.717) is 23.6 Å². The molecule has 0 radical (unpaired) electrons. The highest BCUT2D eigenvalue weighted by atomic mass is 16.5. The van der Waals surface area contributed by atoms with Crippen molar-refractivity contribution in [3.05, 3.63) is 71.7 Å². The van der Waals surface area contributed by atoms with Gasteiger partial charge in [0.2, 0.25) is 0 Å². The highest BCUT2D eigenvalue weighted by Crippen LogP contribution is 2.25. The molecule has 6 heteroatoms. The molecule has 1 atom stereocenters. The van der Waals surface area contributed by atoms with Crippen LogP contribution in [-0.4, -0.2) is 40.5 Å². The lowest BCUT2D eigenvalue weighted by atomic mass is 9.98.